The summed E-state index contributed by atoms with van der Waals surface area (Å²) < 4.78 is 5.38. The quantitative estimate of drug-likeness (QED) is 0.731. The summed E-state index contributed by atoms with van der Waals surface area (Å²) in [5, 5.41) is 3.42. The van der Waals surface area contributed by atoms with E-state index in [0.717, 1.165) is 69.8 Å². The van der Waals surface area contributed by atoms with Gasteiger partial charge in [0, 0.05) is 43.2 Å². The fourth-order valence-corrected chi connectivity index (χ4v) is 4.43. The molecule has 3 rings (SSSR count). The first-order valence-corrected chi connectivity index (χ1v) is 10.7. The number of nitrogens with one attached hydrogen (secondary N) is 1. The number of carbonyl (C=O) groups excluding carboxylic acids is 2. The van der Waals surface area contributed by atoms with Gasteiger partial charge in [-0.2, -0.15) is 0 Å². The predicted octanol–water partition coefficient (Wildman–Crippen LogP) is 2.13. The van der Waals surface area contributed by atoms with E-state index < -0.39 is 0 Å². The van der Waals surface area contributed by atoms with Crippen LogP contribution in [0.5, 0.6) is 0 Å². The molecule has 1 aliphatic carbocycles. The SMILES string of the molecule is Cc1cnc(NC(=O)CN(CCCN2CCOCC2)C(=O)C2CCCC2)s1. The second-order valence-corrected chi connectivity index (χ2v) is 8.61. The zero-order valence-corrected chi connectivity index (χ0v) is 16.9. The van der Waals surface area contributed by atoms with Gasteiger partial charge in [0.1, 0.15) is 0 Å². The summed E-state index contributed by atoms with van der Waals surface area (Å²) in [6.07, 6.45) is 6.75. The summed E-state index contributed by atoms with van der Waals surface area (Å²) in [4.78, 5) is 34.7. The van der Waals surface area contributed by atoms with Gasteiger partial charge >= 0.3 is 0 Å². The van der Waals surface area contributed by atoms with Gasteiger partial charge in [-0.1, -0.05) is 12.8 Å². The summed E-state index contributed by atoms with van der Waals surface area (Å²) in [5.74, 6) is 0.0605. The summed E-state index contributed by atoms with van der Waals surface area (Å²) in [7, 11) is 0. The van der Waals surface area contributed by atoms with Crippen LogP contribution in [0.15, 0.2) is 6.20 Å². The van der Waals surface area contributed by atoms with Gasteiger partial charge in [0.2, 0.25) is 11.8 Å². The summed E-state index contributed by atoms with van der Waals surface area (Å²) >= 11 is 1.45. The number of ether oxygens (including phenoxy) is 1. The van der Waals surface area contributed by atoms with Crippen LogP contribution in [-0.2, 0) is 14.3 Å². The number of aryl methyl sites for hydroxylation is 1. The van der Waals surface area contributed by atoms with Crippen molar-refractivity contribution in [3.8, 4) is 0 Å². The number of anilines is 1. The van der Waals surface area contributed by atoms with Crippen molar-refractivity contribution in [1.82, 2.24) is 14.8 Å². The Bertz CT molecular complexity index is 624. The van der Waals surface area contributed by atoms with E-state index in [2.05, 4.69) is 15.2 Å². The summed E-state index contributed by atoms with van der Waals surface area (Å²) in [6.45, 7) is 7.07. The molecule has 0 unspecified atom stereocenters. The Morgan fingerprint density at radius 3 is 2.74 bits per heavy atom. The second kappa shape index (κ2) is 10.1. The molecule has 0 bridgehead atoms. The number of morpholine rings is 1. The molecule has 0 spiro atoms. The molecule has 150 valence electrons. The van der Waals surface area contributed by atoms with Crippen molar-refractivity contribution in [2.75, 3.05) is 51.3 Å². The number of aromatic nitrogens is 1. The van der Waals surface area contributed by atoms with E-state index in [1.807, 2.05) is 6.92 Å². The normalized spacial score (nSPS) is 18.6. The van der Waals surface area contributed by atoms with Gasteiger partial charge in [0.05, 0.1) is 19.8 Å². The van der Waals surface area contributed by atoms with Crippen molar-refractivity contribution in [2.24, 2.45) is 5.92 Å². The number of nitrogens with zero attached hydrogens (tertiary/aromatic N) is 3. The lowest BCUT2D eigenvalue weighted by atomic mass is 10.1. The predicted molar refractivity (Wildman–Crippen MR) is 106 cm³/mol. The highest BCUT2D eigenvalue weighted by molar-refractivity contribution is 7.15. The average molecular weight is 395 g/mol. The number of rotatable bonds is 8. The third-order valence-electron chi connectivity index (χ3n) is 5.22. The first-order valence-electron chi connectivity index (χ1n) is 9.93. The van der Waals surface area contributed by atoms with Crippen LogP contribution in [0.4, 0.5) is 5.13 Å². The molecule has 1 aromatic rings. The lowest BCUT2D eigenvalue weighted by molar-refractivity contribution is -0.138. The number of carbonyl (C=O) groups is 2. The fraction of sp³-hybridized carbons (Fsp3) is 0.737. The van der Waals surface area contributed by atoms with Gasteiger partial charge in [-0.3, -0.25) is 14.5 Å². The number of thiazole rings is 1. The second-order valence-electron chi connectivity index (χ2n) is 7.37. The molecule has 2 amide bonds. The smallest absolute Gasteiger partial charge is 0.245 e. The van der Waals surface area contributed by atoms with Crippen LogP contribution in [0.1, 0.15) is 37.0 Å². The lowest BCUT2D eigenvalue weighted by Crippen LogP contribution is -2.43. The molecule has 0 radical (unpaired) electrons. The van der Waals surface area contributed by atoms with Crippen LogP contribution < -0.4 is 5.32 Å². The van der Waals surface area contributed by atoms with Crippen LogP contribution in [0.25, 0.3) is 0 Å². The molecular formula is C19H30N4O3S. The molecule has 1 saturated carbocycles. The van der Waals surface area contributed by atoms with E-state index >= 15 is 0 Å². The number of amides is 2. The van der Waals surface area contributed by atoms with Crippen LogP contribution >= 0.6 is 11.3 Å². The van der Waals surface area contributed by atoms with Crippen molar-refractivity contribution in [3.05, 3.63) is 11.1 Å². The maximum atomic E-state index is 12.9. The van der Waals surface area contributed by atoms with E-state index in [9.17, 15) is 9.59 Å². The van der Waals surface area contributed by atoms with Gasteiger partial charge in [0.15, 0.2) is 5.13 Å². The standard InChI is InChI=1S/C19H30N4O3S/c1-15-13-20-19(27-15)21-17(24)14-23(18(25)16-5-2-3-6-16)8-4-7-22-9-11-26-12-10-22/h13,16H,2-12,14H2,1H3,(H,20,21,24). The zero-order chi connectivity index (χ0) is 19.1. The zero-order valence-electron chi connectivity index (χ0n) is 16.1. The Hall–Kier alpha value is -1.51. The van der Waals surface area contributed by atoms with Crippen LogP contribution in [0.2, 0.25) is 0 Å². The van der Waals surface area contributed by atoms with E-state index in [0.29, 0.717) is 11.7 Å². The molecule has 27 heavy (non-hydrogen) atoms. The molecule has 0 atom stereocenters. The van der Waals surface area contributed by atoms with Crippen molar-refractivity contribution < 1.29 is 14.3 Å². The van der Waals surface area contributed by atoms with Crippen LogP contribution in [0, 0.1) is 12.8 Å². The third-order valence-corrected chi connectivity index (χ3v) is 6.05. The third kappa shape index (κ3) is 6.26. The minimum absolute atomic E-state index is 0.0864. The monoisotopic (exact) mass is 394 g/mol. The van der Waals surface area contributed by atoms with Gasteiger partial charge in [-0.15, -0.1) is 11.3 Å². The summed E-state index contributed by atoms with van der Waals surface area (Å²) in [5.41, 5.74) is 0. The number of hydrogen-bond donors (Lipinski definition) is 1. The molecule has 0 aromatic carbocycles. The minimum Gasteiger partial charge on any atom is -0.379 e. The largest absolute Gasteiger partial charge is 0.379 e. The highest BCUT2D eigenvalue weighted by atomic mass is 32.1. The van der Waals surface area contributed by atoms with E-state index in [4.69, 9.17) is 4.74 Å². The van der Waals surface area contributed by atoms with Crippen molar-refractivity contribution in [3.63, 3.8) is 0 Å². The Morgan fingerprint density at radius 2 is 2.07 bits per heavy atom. The topological polar surface area (TPSA) is 74.8 Å². The van der Waals surface area contributed by atoms with E-state index in [1.165, 1.54) is 11.3 Å². The molecule has 8 heteroatoms. The molecule has 1 saturated heterocycles. The summed E-state index contributed by atoms with van der Waals surface area (Å²) in [6, 6.07) is 0. The molecule has 2 fully saturated rings. The van der Waals surface area contributed by atoms with Gasteiger partial charge < -0.3 is 15.0 Å². The Kier molecular flexibility index (Phi) is 7.60. The lowest BCUT2D eigenvalue weighted by Gasteiger charge is -2.29. The Labute approximate surface area is 165 Å². The number of hydrogen-bond acceptors (Lipinski definition) is 6. The molecule has 1 N–H and O–H groups in total. The minimum atomic E-state index is -0.165. The van der Waals surface area contributed by atoms with E-state index in [1.54, 1.807) is 11.1 Å². The Balaban J connectivity index is 1.52. The first-order chi connectivity index (χ1) is 13.1. The molecule has 2 heterocycles. The van der Waals surface area contributed by atoms with Crippen molar-refractivity contribution in [2.45, 2.75) is 39.0 Å². The highest BCUT2D eigenvalue weighted by Gasteiger charge is 2.28. The van der Waals surface area contributed by atoms with Crippen molar-refractivity contribution in [1.29, 1.82) is 0 Å². The fourth-order valence-electron chi connectivity index (χ4n) is 3.75. The maximum Gasteiger partial charge on any atom is 0.245 e. The van der Waals surface area contributed by atoms with Crippen LogP contribution in [0.3, 0.4) is 0 Å². The van der Waals surface area contributed by atoms with Gasteiger partial charge in [-0.05, 0) is 26.2 Å². The molecular weight excluding hydrogens is 364 g/mol. The maximum absolute atomic E-state index is 12.9. The molecule has 1 aliphatic heterocycles. The first kappa shape index (κ1) is 20.2. The molecule has 1 aromatic heterocycles. The Morgan fingerprint density at radius 1 is 1.33 bits per heavy atom. The highest BCUT2D eigenvalue weighted by Crippen LogP contribution is 2.26. The van der Waals surface area contributed by atoms with E-state index in [-0.39, 0.29) is 24.3 Å². The molecule has 7 nitrogen and oxygen atoms in total. The van der Waals surface area contributed by atoms with Gasteiger partial charge in [0.25, 0.3) is 0 Å². The van der Waals surface area contributed by atoms with Crippen LogP contribution in [-0.4, -0.2) is 72.5 Å². The van der Waals surface area contributed by atoms with Gasteiger partial charge in [-0.25, -0.2) is 4.98 Å². The average Bonchev–Trinajstić information content (AvgIpc) is 3.33. The van der Waals surface area contributed by atoms with Crippen molar-refractivity contribution >= 4 is 28.3 Å². The molecule has 2 aliphatic rings.